The Bertz CT molecular complexity index is 581. The van der Waals surface area contributed by atoms with E-state index in [1.165, 1.54) is 17.1 Å². The van der Waals surface area contributed by atoms with E-state index >= 15 is 0 Å². The summed E-state index contributed by atoms with van der Waals surface area (Å²) in [5.41, 5.74) is 0.391. The summed E-state index contributed by atoms with van der Waals surface area (Å²) in [5, 5.41) is 9.54. The monoisotopic (exact) mass is 266 g/mol. The van der Waals surface area contributed by atoms with Crippen molar-refractivity contribution in [3.63, 3.8) is 0 Å². The van der Waals surface area contributed by atoms with Crippen LogP contribution in [0.3, 0.4) is 0 Å². The summed E-state index contributed by atoms with van der Waals surface area (Å²) < 4.78 is 1.46. The number of carbonyl (C=O) groups is 1. The van der Waals surface area contributed by atoms with E-state index < -0.39 is 0 Å². The SMILES string of the molecule is CNc1cc(C(=O)Nc2ncnn2C)cc(Cl)n1. The molecule has 18 heavy (non-hydrogen) atoms. The number of hydrogen-bond donors (Lipinski definition) is 2. The summed E-state index contributed by atoms with van der Waals surface area (Å²) >= 11 is 5.82. The summed E-state index contributed by atoms with van der Waals surface area (Å²) in [6, 6.07) is 3.08. The first-order chi connectivity index (χ1) is 8.60. The summed E-state index contributed by atoms with van der Waals surface area (Å²) in [7, 11) is 3.38. The lowest BCUT2D eigenvalue weighted by Crippen LogP contribution is -2.16. The van der Waals surface area contributed by atoms with Crippen LogP contribution in [0.15, 0.2) is 18.5 Å². The van der Waals surface area contributed by atoms with Crippen molar-refractivity contribution in [2.75, 3.05) is 17.7 Å². The second-order valence-corrected chi connectivity index (χ2v) is 3.86. The Hall–Kier alpha value is -2.15. The normalized spacial score (nSPS) is 10.2. The molecule has 0 saturated carbocycles. The Morgan fingerprint density at radius 1 is 1.44 bits per heavy atom. The maximum atomic E-state index is 12.0. The molecule has 0 aliphatic heterocycles. The summed E-state index contributed by atoms with van der Waals surface area (Å²) in [6.45, 7) is 0. The molecule has 0 fully saturated rings. The Morgan fingerprint density at radius 3 is 2.83 bits per heavy atom. The highest BCUT2D eigenvalue weighted by atomic mass is 35.5. The average molecular weight is 267 g/mol. The van der Waals surface area contributed by atoms with Gasteiger partial charge in [-0.05, 0) is 12.1 Å². The van der Waals surface area contributed by atoms with Gasteiger partial charge in [0.05, 0.1) is 0 Å². The average Bonchev–Trinajstić information content (AvgIpc) is 2.74. The van der Waals surface area contributed by atoms with Crippen molar-refractivity contribution in [1.29, 1.82) is 0 Å². The smallest absolute Gasteiger partial charge is 0.258 e. The third kappa shape index (κ3) is 2.57. The number of halogens is 1. The molecule has 0 unspecified atom stereocenters. The van der Waals surface area contributed by atoms with Crippen LogP contribution in [0.1, 0.15) is 10.4 Å². The zero-order valence-electron chi connectivity index (χ0n) is 9.81. The van der Waals surface area contributed by atoms with Crippen molar-refractivity contribution in [3.8, 4) is 0 Å². The van der Waals surface area contributed by atoms with E-state index in [9.17, 15) is 4.79 Å². The first-order valence-electron chi connectivity index (χ1n) is 5.11. The van der Waals surface area contributed by atoms with E-state index in [-0.39, 0.29) is 11.1 Å². The number of anilines is 2. The van der Waals surface area contributed by atoms with Gasteiger partial charge in [0.1, 0.15) is 17.3 Å². The van der Waals surface area contributed by atoms with Crippen molar-refractivity contribution in [2.45, 2.75) is 0 Å². The molecular formula is C10H11ClN6O. The van der Waals surface area contributed by atoms with Crippen LogP contribution in [0.25, 0.3) is 0 Å². The summed E-state index contributed by atoms with van der Waals surface area (Å²) in [4.78, 5) is 19.9. The molecule has 0 bridgehead atoms. The van der Waals surface area contributed by atoms with Crippen LogP contribution < -0.4 is 10.6 Å². The quantitative estimate of drug-likeness (QED) is 0.815. The molecule has 0 aliphatic carbocycles. The molecule has 0 saturated heterocycles. The number of aryl methyl sites for hydroxylation is 1. The molecule has 0 spiro atoms. The molecule has 0 aromatic carbocycles. The molecule has 0 atom stereocenters. The molecule has 2 heterocycles. The van der Waals surface area contributed by atoms with Gasteiger partial charge in [-0.2, -0.15) is 10.1 Å². The van der Waals surface area contributed by atoms with E-state index in [0.29, 0.717) is 17.3 Å². The molecule has 8 heteroatoms. The Labute approximate surface area is 108 Å². The number of carbonyl (C=O) groups excluding carboxylic acids is 1. The van der Waals surface area contributed by atoms with Crippen LogP contribution in [0.4, 0.5) is 11.8 Å². The first-order valence-corrected chi connectivity index (χ1v) is 5.48. The van der Waals surface area contributed by atoms with Crippen molar-refractivity contribution >= 4 is 29.3 Å². The van der Waals surface area contributed by atoms with E-state index in [1.807, 2.05) is 0 Å². The van der Waals surface area contributed by atoms with Gasteiger partial charge in [0.15, 0.2) is 0 Å². The number of aromatic nitrogens is 4. The first kappa shape index (κ1) is 12.3. The Morgan fingerprint density at radius 2 is 2.22 bits per heavy atom. The van der Waals surface area contributed by atoms with Crippen LogP contribution in [0.2, 0.25) is 5.15 Å². The second kappa shape index (κ2) is 5.01. The van der Waals surface area contributed by atoms with E-state index in [2.05, 4.69) is 25.7 Å². The van der Waals surface area contributed by atoms with Crippen LogP contribution in [0.5, 0.6) is 0 Å². The highest BCUT2D eigenvalue weighted by Gasteiger charge is 2.11. The lowest BCUT2D eigenvalue weighted by Gasteiger charge is -2.06. The fraction of sp³-hybridized carbons (Fsp3) is 0.200. The zero-order chi connectivity index (χ0) is 13.1. The predicted molar refractivity (Wildman–Crippen MR) is 67.7 cm³/mol. The molecular weight excluding hydrogens is 256 g/mol. The third-order valence-corrected chi connectivity index (χ3v) is 2.44. The predicted octanol–water partition coefficient (Wildman–Crippen LogP) is 1.16. The van der Waals surface area contributed by atoms with Crippen LogP contribution in [-0.2, 0) is 7.05 Å². The van der Waals surface area contributed by atoms with Gasteiger partial charge in [0.2, 0.25) is 5.95 Å². The zero-order valence-corrected chi connectivity index (χ0v) is 10.6. The number of nitrogens with zero attached hydrogens (tertiary/aromatic N) is 4. The third-order valence-electron chi connectivity index (χ3n) is 2.25. The highest BCUT2D eigenvalue weighted by Crippen LogP contribution is 2.15. The van der Waals surface area contributed by atoms with E-state index in [1.54, 1.807) is 20.2 Å². The van der Waals surface area contributed by atoms with Crippen molar-refractivity contribution in [3.05, 3.63) is 29.2 Å². The number of rotatable bonds is 3. The lowest BCUT2D eigenvalue weighted by atomic mass is 10.2. The van der Waals surface area contributed by atoms with Crippen molar-refractivity contribution in [1.82, 2.24) is 19.7 Å². The van der Waals surface area contributed by atoms with E-state index in [4.69, 9.17) is 11.6 Å². The molecule has 2 rings (SSSR count). The fourth-order valence-electron chi connectivity index (χ4n) is 1.34. The van der Waals surface area contributed by atoms with Gasteiger partial charge in [0, 0.05) is 19.7 Å². The maximum absolute atomic E-state index is 12.0. The standard InChI is InChI=1S/C10H11ClN6O/c1-12-8-4-6(3-7(11)15-8)9(18)16-10-13-5-14-17(10)2/h3-5H,1-2H3,(H,12,15)(H,13,14,16,18). The lowest BCUT2D eigenvalue weighted by molar-refractivity contribution is 0.102. The summed E-state index contributed by atoms with van der Waals surface area (Å²) in [6.07, 6.45) is 1.36. The Kier molecular flexibility index (Phi) is 3.42. The summed E-state index contributed by atoms with van der Waals surface area (Å²) in [5.74, 6) is 0.552. The topological polar surface area (TPSA) is 84.7 Å². The van der Waals surface area contributed by atoms with Crippen LogP contribution >= 0.6 is 11.6 Å². The van der Waals surface area contributed by atoms with Crippen molar-refractivity contribution in [2.24, 2.45) is 7.05 Å². The molecule has 2 N–H and O–H groups in total. The minimum Gasteiger partial charge on any atom is -0.373 e. The van der Waals surface area contributed by atoms with Gasteiger partial charge < -0.3 is 5.32 Å². The fourth-order valence-corrected chi connectivity index (χ4v) is 1.55. The van der Waals surface area contributed by atoms with Gasteiger partial charge in [-0.15, -0.1) is 0 Å². The largest absolute Gasteiger partial charge is 0.373 e. The highest BCUT2D eigenvalue weighted by molar-refractivity contribution is 6.30. The van der Waals surface area contributed by atoms with Crippen molar-refractivity contribution < 1.29 is 4.79 Å². The maximum Gasteiger partial charge on any atom is 0.258 e. The molecule has 2 aromatic rings. The van der Waals surface area contributed by atoms with Gasteiger partial charge in [-0.1, -0.05) is 11.6 Å². The van der Waals surface area contributed by atoms with Gasteiger partial charge in [0.25, 0.3) is 5.91 Å². The molecule has 2 aromatic heterocycles. The second-order valence-electron chi connectivity index (χ2n) is 3.48. The van der Waals surface area contributed by atoms with Crippen LogP contribution in [-0.4, -0.2) is 32.7 Å². The number of nitrogens with one attached hydrogen (secondary N) is 2. The molecule has 0 radical (unpaired) electrons. The number of amides is 1. The number of hydrogen-bond acceptors (Lipinski definition) is 5. The number of pyridine rings is 1. The molecule has 7 nitrogen and oxygen atoms in total. The minimum absolute atomic E-state index is 0.241. The van der Waals surface area contributed by atoms with Gasteiger partial charge in [-0.25, -0.2) is 9.67 Å². The molecule has 1 amide bonds. The van der Waals surface area contributed by atoms with Gasteiger partial charge >= 0.3 is 0 Å². The minimum atomic E-state index is -0.327. The molecule has 94 valence electrons. The van der Waals surface area contributed by atoms with Gasteiger partial charge in [-0.3, -0.25) is 10.1 Å². The Balaban J connectivity index is 2.24. The van der Waals surface area contributed by atoms with E-state index in [0.717, 1.165) is 0 Å². The molecule has 0 aliphatic rings. The van der Waals surface area contributed by atoms with Crippen LogP contribution in [0, 0.1) is 0 Å².